The zero-order valence-corrected chi connectivity index (χ0v) is 13.8. The fourth-order valence-corrected chi connectivity index (χ4v) is 4.25. The van der Waals surface area contributed by atoms with E-state index >= 15 is 0 Å². The molecule has 19 heavy (non-hydrogen) atoms. The lowest BCUT2D eigenvalue weighted by atomic mass is 9.71. The highest BCUT2D eigenvalue weighted by Crippen LogP contribution is 2.38. The second-order valence-electron chi connectivity index (χ2n) is 8.46. The first-order chi connectivity index (χ1) is 8.88. The quantitative estimate of drug-likeness (QED) is 0.740. The molecule has 1 nitrogen and oxygen atoms in total. The summed E-state index contributed by atoms with van der Waals surface area (Å²) in [5, 5.41) is 4.01. The van der Waals surface area contributed by atoms with Crippen molar-refractivity contribution in [3.05, 3.63) is 0 Å². The van der Waals surface area contributed by atoms with E-state index in [1.807, 2.05) is 0 Å². The Labute approximate surface area is 120 Å². The summed E-state index contributed by atoms with van der Waals surface area (Å²) in [5.41, 5.74) is 0.512. The molecule has 0 radical (unpaired) electrons. The smallest absolute Gasteiger partial charge is 0.00978 e. The topological polar surface area (TPSA) is 12.0 Å². The van der Waals surface area contributed by atoms with Gasteiger partial charge >= 0.3 is 0 Å². The summed E-state index contributed by atoms with van der Waals surface area (Å²) >= 11 is 0. The van der Waals surface area contributed by atoms with Gasteiger partial charge in [0, 0.05) is 12.1 Å². The van der Waals surface area contributed by atoms with Crippen LogP contribution in [-0.2, 0) is 0 Å². The Bertz CT molecular complexity index is 270. The van der Waals surface area contributed by atoms with Crippen molar-refractivity contribution in [3.8, 4) is 0 Å². The molecule has 3 atom stereocenters. The molecule has 0 saturated heterocycles. The monoisotopic (exact) mass is 265 g/mol. The number of hydrogen-bond donors (Lipinski definition) is 1. The van der Waals surface area contributed by atoms with Crippen LogP contribution < -0.4 is 5.32 Å². The van der Waals surface area contributed by atoms with Gasteiger partial charge in [-0.15, -0.1) is 0 Å². The van der Waals surface area contributed by atoms with Crippen molar-refractivity contribution in [1.82, 2.24) is 5.32 Å². The Balaban J connectivity index is 1.79. The lowest BCUT2D eigenvalue weighted by Gasteiger charge is -2.41. The predicted octanol–water partition coefficient (Wildman–Crippen LogP) is 5.01. The van der Waals surface area contributed by atoms with E-state index in [4.69, 9.17) is 0 Å². The molecule has 0 aromatic heterocycles. The molecule has 1 N–H and O–H groups in total. The zero-order valence-electron chi connectivity index (χ0n) is 13.8. The van der Waals surface area contributed by atoms with Crippen molar-refractivity contribution in [2.75, 3.05) is 0 Å². The van der Waals surface area contributed by atoms with Gasteiger partial charge in [-0.05, 0) is 55.3 Å². The van der Waals surface area contributed by atoms with Crippen molar-refractivity contribution < 1.29 is 0 Å². The van der Waals surface area contributed by atoms with E-state index in [2.05, 4.69) is 39.9 Å². The third kappa shape index (κ3) is 3.97. The summed E-state index contributed by atoms with van der Waals surface area (Å²) in [4.78, 5) is 0. The van der Waals surface area contributed by atoms with Gasteiger partial charge in [-0.1, -0.05) is 47.5 Å². The summed E-state index contributed by atoms with van der Waals surface area (Å²) < 4.78 is 0. The van der Waals surface area contributed by atoms with Gasteiger partial charge in [-0.2, -0.15) is 0 Å². The molecule has 0 amide bonds. The van der Waals surface area contributed by atoms with E-state index in [9.17, 15) is 0 Å². The van der Waals surface area contributed by atoms with Crippen molar-refractivity contribution in [2.45, 2.75) is 91.6 Å². The van der Waals surface area contributed by atoms with Crippen molar-refractivity contribution in [3.63, 3.8) is 0 Å². The van der Waals surface area contributed by atoms with E-state index in [1.165, 1.54) is 44.9 Å². The van der Waals surface area contributed by atoms with Gasteiger partial charge in [-0.3, -0.25) is 0 Å². The Morgan fingerprint density at radius 3 is 2.05 bits per heavy atom. The van der Waals surface area contributed by atoms with E-state index in [0.717, 1.165) is 29.8 Å². The van der Waals surface area contributed by atoms with Crippen molar-refractivity contribution in [2.24, 2.45) is 23.2 Å². The third-order valence-electron chi connectivity index (χ3n) is 6.11. The van der Waals surface area contributed by atoms with Crippen LogP contribution in [0.1, 0.15) is 79.6 Å². The van der Waals surface area contributed by atoms with Gasteiger partial charge in [0.1, 0.15) is 0 Å². The molecule has 0 aromatic rings. The molecular weight excluding hydrogens is 230 g/mol. The maximum atomic E-state index is 4.01. The molecule has 0 spiro atoms. The Kier molecular flexibility index (Phi) is 4.98. The number of rotatable bonds is 2. The maximum Gasteiger partial charge on any atom is 0.00978 e. The van der Waals surface area contributed by atoms with Crippen LogP contribution in [0.15, 0.2) is 0 Å². The fourth-order valence-electron chi connectivity index (χ4n) is 4.25. The SMILES string of the molecule is CC1CCCC(NC2CCC(C(C)(C)C)CC2)C1C. The van der Waals surface area contributed by atoms with Gasteiger partial charge in [0.25, 0.3) is 0 Å². The van der Waals surface area contributed by atoms with Crippen LogP contribution in [0.4, 0.5) is 0 Å². The minimum Gasteiger partial charge on any atom is -0.311 e. The van der Waals surface area contributed by atoms with Crippen LogP contribution >= 0.6 is 0 Å². The minimum atomic E-state index is 0.512. The van der Waals surface area contributed by atoms with Gasteiger partial charge in [0.15, 0.2) is 0 Å². The molecule has 3 unspecified atom stereocenters. The van der Waals surface area contributed by atoms with Gasteiger partial charge < -0.3 is 5.32 Å². The van der Waals surface area contributed by atoms with Crippen LogP contribution in [0.25, 0.3) is 0 Å². The Morgan fingerprint density at radius 2 is 1.47 bits per heavy atom. The highest BCUT2D eigenvalue weighted by atomic mass is 15.0. The second kappa shape index (κ2) is 6.16. The molecule has 1 heteroatoms. The second-order valence-corrected chi connectivity index (χ2v) is 8.46. The van der Waals surface area contributed by atoms with E-state index in [1.54, 1.807) is 0 Å². The molecule has 2 fully saturated rings. The number of hydrogen-bond acceptors (Lipinski definition) is 1. The lowest BCUT2D eigenvalue weighted by Crippen LogP contribution is -2.47. The van der Waals surface area contributed by atoms with Crippen molar-refractivity contribution in [1.29, 1.82) is 0 Å². The Hall–Kier alpha value is -0.0400. The molecule has 2 aliphatic carbocycles. The first kappa shape index (κ1) is 15.4. The van der Waals surface area contributed by atoms with Crippen LogP contribution in [0, 0.1) is 23.2 Å². The zero-order chi connectivity index (χ0) is 14.0. The predicted molar refractivity (Wildman–Crippen MR) is 84.3 cm³/mol. The molecule has 112 valence electrons. The van der Waals surface area contributed by atoms with Gasteiger partial charge in [0.05, 0.1) is 0 Å². The fraction of sp³-hybridized carbons (Fsp3) is 1.00. The standard InChI is InChI=1S/C18H35N/c1-13-7-6-8-17(14(13)2)19-16-11-9-15(10-12-16)18(3,4)5/h13-17,19H,6-12H2,1-5H3. The molecule has 0 bridgehead atoms. The normalized spacial score (nSPS) is 41.2. The van der Waals surface area contributed by atoms with E-state index < -0.39 is 0 Å². The maximum absolute atomic E-state index is 4.01. The summed E-state index contributed by atoms with van der Waals surface area (Å²) in [7, 11) is 0. The van der Waals surface area contributed by atoms with E-state index in [0.29, 0.717) is 5.41 Å². The first-order valence-corrected chi connectivity index (χ1v) is 8.64. The Morgan fingerprint density at radius 1 is 0.842 bits per heavy atom. The summed E-state index contributed by atoms with van der Waals surface area (Å²) in [6, 6.07) is 1.59. The van der Waals surface area contributed by atoms with Gasteiger partial charge in [-0.25, -0.2) is 0 Å². The molecule has 2 rings (SSSR count). The molecule has 2 aliphatic rings. The average molecular weight is 265 g/mol. The van der Waals surface area contributed by atoms with Crippen molar-refractivity contribution >= 4 is 0 Å². The summed E-state index contributed by atoms with van der Waals surface area (Å²) in [6.07, 6.45) is 9.94. The largest absolute Gasteiger partial charge is 0.311 e. The van der Waals surface area contributed by atoms with Crippen LogP contribution in [0.5, 0.6) is 0 Å². The first-order valence-electron chi connectivity index (χ1n) is 8.64. The van der Waals surface area contributed by atoms with Crippen LogP contribution in [0.3, 0.4) is 0 Å². The number of nitrogens with one attached hydrogen (secondary N) is 1. The highest BCUT2D eigenvalue weighted by Gasteiger charge is 2.32. The highest BCUT2D eigenvalue weighted by molar-refractivity contribution is 4.88. The third-order valence-corrected chi connectivity index (χ3v) is 6.11. The lowest BCUT2D eigenvalue weighted by molar-refractivity contribution is 0.135. The molecule has 0 aromatic carbocycles. The van der Waals surface area contributed by atoms with Crippen LogP contribution in [-0.4, -0.2) is 12.1 Å². The summed E-state index contributed by atoms with van der Waals surface area (Å²) in [5.74, 6) is 2.72. The van der Waals surface area contributed by atoms with Gasteiger partial charge in [0.2, 0.25) is 0 Å². The average Bonchev–Trinajstić information content (AvgIpc) is 2.35. The van der Waals surface area contributed by atoms with E-state index in [-0.39, 0.29) is 0 Å². The molecule has 2 saturated carbocycles. The molecule has 0 aliphatic heterocycles. The molecular formula is C18H35N. The minimum absolute atomic E-state index is 0.512. The van der Waals surface area contributed by atoms with Crippen LogP contribution in [0.2, 0.25) is 0 Å². The molecule has 0 heterocycles. The summed E-state index contributed by atoms with van der Waals surface area (Å²) in [6.45, 7) is 12.1.